The van der Waals surface area contributed by atoms with Crippen molar-refractivity contribution in [2.24, 2.45) is 12.5 Å². The predicted octanol–water partition coefficient (Wildman–Crippen LogP) is 5.25. The second kappa shape index (κ2) is 10.6. The molecule has 1 saturated carbocycles. The molecule has 6 rings (SSSR count). The Morgan fingerprint density at radius 2 is 1.95 bits per heavy atom. The molecule has 42 heavy (non-hydrogen) atoms. The van der Waals surface area contributed by atoms with E-state index in [1.54, 1.807) is 48.4 Å². The Morgan fingerprint density at radius 1 is 1.19 bits per heavy atom. The van der Waals surface area contributed by atoms with E-state index in [4.69, 9.17) is 11.6 Å². The van der Waals surface area contributed by atoms with Gasteiger partial charge in [-0.1, -0.05) is 17.2 Å². The largest absolute Gasteiger partial charge is 0.291 e. The van der Waals surface area contributed by atoms with Crippen LogP contribution in [0.5, 0.6) is 0 Å². The highest BCUT2D eigenvalue weighted by atomic mass is 35.5. The number of carbonyl (C=O) groups is 1. The zero-order valence-electron chi connectivity index (χ0n) is 23.4. The van der Waals surface area contributed by atoms with E-state index in [0.29, 0.717) is 30.0 Å². The van der Waals surface area contributed by atoms with Crippen molar-refractivity contribution in [3.8, 4) is 5.69 Å². The summed E-state index contributed by atoms with van der Waals surface area (Å²) in [7, 11) is -2.28. The van der Waals surface area contributed by atoms with E-state index in [1.807, 2.05) is 19.9 Å². The summed E-state index contributed by atoms with van der Waals surface area (Å²) in [4.78, 5) is 18.8. The molecule has 0 aliphatic heterocycles. The number of rotatable bonds is 7. The van der Waals surface area contributed by atoms with E-state index in [-0.39, 0.29) is 34.8 Å². The monoisotopic (exact) mass is 608 g/mol. The molecule has 0 spiro atoms. The standard InChI is InChI=1S/C30H30ClFN6O3S/c1-19(2)38(42(40,41)28-11-13-36(3)35-28)25-7-4-21-14-27-20(18-34-37(27)24-8-5-23(32)6-9-24)16-30(21,17-25)29(39)26-15-22(31)10-12-33-26/h5-6,8-15,18-19,25H,4,7,16-17H2,1-3H3/t25-,30-/m0/s1. The summed E-state index contributed by atoms with van der Waals surface area (Å²) in [5.41, 5.74) is 2.41. The average molecular weight is 609 g/mol. The van der Waals surface area contributed by atoms with Crippen LogP contribution >= 0.6 is 11.6 Å². The van der Waals surface area contributed by atoms with Crippen LogP contribution in [0.2, 0.25) is 5.02 Å². The van der Waals surface area contributed by atoms with Gasteiger partial charge >= 0.3 is 0 Å². The summed E-state index contributed by atoms with van der Waals surface area (Å²) >= 11 is 6.27. The molecule has 2 atom stereocenters. The van der Waals surface area contributed by atoms with E-state index < -0.39 is 21.5 Å². The van der Waals surface area contributed by atoms with Crippen molar-refractivity contribution in [1.29, 1.82) is 0 Å². The first kappa shape index (κ1) is 28.4. The summed E-state index contributed by atoms with van der Waals surface area (Å²) in [5.74, 6) is -0.550. The number of nitrogens with zero attached hydrogens (tertiary/aromatic N) is 6. The molecular formula is C30H30ClFN6O3S. The summed E-state index contributed by atoms with van der Waals surface area (Å²) in [6.07, 6.45) is 8.40. The van der Waals surface area contributed by atoms with Crippen LogP contribution in [0, 0.1) is 11.2 Å². The minimum absolute atomic E-state index is 0.0246. The number of fused-ring (bicyclic) bond motifs is 2. The smallest absolute Gasteiger partial charge is 0.262 e. The van der Waals surface area contributed by atoms with Crippen LogP contribution in [0.25, 0.3) is 11.8 Å². The third-order valence-corrected chi connectivity index (χ3v) is 10.5. The van der Waals surface area contributed by atoms with Crippen LogP contribution in [-0.4, -0.2) is 55.1 Å². The highest BCUT2D eigenvalue weighted by Gasteiger charge is 2.52. The van der Waals surface area contributed by atoms with E-state index in [9.17, 15) is 17.6 Å². The molecule has 12 heteroatoms. The van der Waals surface area contributed by atoms with Gasteiger partial charge < -0.3 is 0 Å². The van der Waals surface area contributed by atoms with Gasteiger partial charge in [0.05, 0.1) is 23.0 Å². The molecule has 0 amide bonds. The lowest BCUT2D eigenvalue weighted by molar-refractivity contribution is 0.0722. The van der Waals surface area contributed by atoms with Gasteiger partial charge in [0, 0.05) is 36.5 Å². The number of aryl methyl sites for hydroxylation is 1. The third kappa shape index (κ3) is 4.79. The average Bonchev–Trinajstić information content (AvgIpc) is 3.57. The van der Waals surface area contributed by atoms with Gasteiger partial charge in [0.2, 0.25) is 0 Å². The highest BCUT2D eigenvalue weighted by molar-refractivity contribution is 7.89. The molecule has 2 aliphatic rings. The summed E-state index contributed by atoms with van der Waals surface area (Å²) in [6.45, 7) is 3.68. The van der Waals surface area contributed by atoms with Crippen molar-refractivity contribution in [1.82, 2.24) is 28.9 Å². The van der Waals surface area contributed by atoms with E-state index in [1.165, 1.54) is 33.4 Å². The number of carbonyl (C=O) groups excluding carboxylic acids is 1. The number of Topliss-reactive ketones (excluding diaryl/α,β-unsaturated/α-hetero) is 1. The normalized spacial score (nSPS) is 20.4. The van der Waals surface area contributed by atoms with Crippen molar-refractivity contribution in [3.63, 3.8) is 0 Å². The number of benzene rings is 1. The fourth-order valence-corrected chi connectivity index (χ4v) is 8.37. The number of allylic oxidation sites excluding steroid dienone is 1. The quantitative estimate of drug-likeness (QED) is 0.265. The van der Waals surface area contributed by atoms with Crippen LogP contribution in [-0.2, 0) is 23.5 Å². The fourth-order valence-electron chi connectivity index (χ4n) is 6.40. The maximum Gasteiger partial charge on any atom is 0.262 e. The number of ketones is 1. The van der Waals surface area contributed by atoms with Crippen LogP contribution in [0.4, 0.5) is 4.39 Å². The molecule has 2 aliphatic carbocycles. The summed E-state index contributed by atoms with van der Waals surface area (Å²) in [5, 5.41) is 9.14. The Kier molecular flexibility index (Phi) is 7.15. The van der Waals surface area contributed by atoms with Crippen LogP contribution < -0.4 is 0 Å². The number of hydrogen-bond donors (Lipinski definition) is 0. The first-order valence-corrected chi connectivity index (χ1v) is 15.5. The first-order chi connectivity index (χ1) is 20.0. The molecule has 9 nitrogen and oxygen atoms in total. The number of hydrogen-bond acceptors (Lipinski definition) is 6. The molecule has 4 aromatic rings. The van der Waals surface area contributed by atoms with E-state index >= 15 is 0 Å². The Balaban J connectivity index is 1.46. The highest BCUT2D eigenvalue weighted by Crippen LogP contribution is 2.51. The zero-order valence-corrected chi connectivity index (χ0v) is 25.0. The second-order valence-electron chi connectivity index (χ2n) is 11.2. The Hall–Kier alpha value is -3.67. The SMILES string of the molecule is CC(C)N([C@H]1CCC2=Cc3c(cnn3-c3ccc(F)cc3)C[C@]2(C(=O)c2cc(Cl)ccn2)C1)S(=O)(=O)c1ccn(C)n1. The lowest BCUT2D eigenvalue weighted by Crippen LogP contribution is -2.52. The molecule has 0 N–H and O–H groups in total. The molecule has 3 heterocycles. The zero-order chi connectivity index (χ0) is 29.8. The molecule has 0 bridgehead atoms. The van der Waals surface area contributed by atoms with Crippen LogP contribution in [0.3, 0.4) is 0 Å². The van der Waals surface area contributed by atoms with Crippen LogP contribution in [0.15, 0.2) is 71.7 Å². The van der Waals surface area contributed by atoms with Gasteiger partial charge in [0.15, 0.2) is 10.8 Å². The fraction of sp³-hybridized carbons (Fsp3) is 0.333. The molecule has 1 aromatic carbocycles. The van der Waals surface area contributed by atoms with Gasteiger partial charge in [-0.3, -0.25) is 14.5 Å². The molecule has 0 radical (unpaired) electrons. The molecule has 0 unspecified atom stereocenters. The van der Waals surface area contributed by atoms with Crippen molar-refractivity contribution in [2.75, 3.05) is 0 Å². The summed E-state index contributed by atoms with van der Waals surface area (Å²) < 4.78 is 46.1. The maximum atomic E-state index is 14.5. The van der Waals surface area contributed by atoms with Crippen molar-refractivity contribution in [2.45, 2.75) is 56.6 Å². The first-order valence-electron chi connectivity index (χ1n) is 13.7. The molecule has 3 aromatic heterocycles. The van der Waals surface area contributed by atoms with Gasteiger partial charge in [-0.2, -0.15) is 14.5 Å². The molecular weight excluding hydrogens is 579 g/mol. The minimum atomic E-state index is -3.95. The number of pyridine rings is 1. The van der Waals surface area contributed by atoms with E-state index in [0.717, 1.165) is 16.8 Å². The van der Waals surface area contributed by atoms with Crippen LogP contribution in [0.1, 0.15) is 54.9 Å². The lowest BCUT2D eigenvalue weighted by atomic mass is 9.60. The molecule has 0 saturated heterocycles. The van der Waals surface area contributed by atoms with Gasteiger partial charge in [0.1, 0.15) is 11.5 Å². The summed E-state index contributed by atoms with van der Waals surface area (Å²) in [6, 6.07) is 9.90. The van der Waals surface area contributed by atoms with Crippen molar-refractivity contribution in [3.05, 3.63) is 94.4 Å². The second-order valence-corrected chi connectivity index (χ2v) is 13.4. The third-order valence-electron chi connectivity index (χ3n) is 8.20. The minimum Gasteiger partial charge on any atom is -0.291 e. The van der Waals surface area contributed by atoms with Gasteiger partial charge in [-0.15, -0.1) is 0 Å². The number of halogens is 2. The lowest BCUT2D eigenvalue weighted by Gasteiger charge is -2.47. The maximum absolute atomic E-state index is 14.5. The number of sulfonamides is 1. The van der Waals surface area contributed by atoms with Gasteiger partial charge in [0.25, 0.3) is 10.0 Å². The van der Waals surface area contributed by atoms with E-state index in [2.05, 4.69) is 15.2 Å². The number of aromatic nitrogens is 5. The molecule has 218 valence electrons. The predicted molar refractivity (Wildman–Crippen MR) is 156 cm³/mol. The molecule has 1 fully saturated rings. The van der Waals surface area contributed by atoms with Gasteiger partial charge in [-0.05, 0) is 93.6 Å². The topological polar surface area (TPSA) is 103 Å². The van der Waals surface area contributed by atoms with Crippen molar-refractivity contribution < 1.29 is 17.6 Å². The van der Waals surface area contributed by atoms with Gasteiger partial charge in [-0.25, -0.2) is 17.5 Å². The Labute approximate surface area is 248 Å². The Bertz CT molecular complexity index is 1810. The van der Waals surface area contributed by atoms with Crippen molar-refractivity contribution >= 4 is 33.5 Å². The Morgan fingerprint density at radius 3 is 2.62 bits per heavy atom.